The van der Waals surface area contributed by atoms with Crippen LogP contribution < -0.4 is 15.5 Å². The van der Waals surface area contributed by atoms with Crippen molar-refractivity contribution in [1.82, 2.24) is 10.3 Å². The number of amides is 1. The van der Waals surface area contributed by atoms with Crippen LogP contribution >= 0.6 is 11.3 Å². The lowest BCUT2D eigenvalue weighted by molar-refractivity contribution is 0.0958. The number of carbonyl (C=O) groups is 1. The number of aromatic hydroxyl groups is 1. The number of thiazole rings is 1. The number of carbonyl (C=O) groups excluding carboxylic acids is 1. The Morgan fingerprint density at radius 1 is 1.10 bits per heavy atom. The topological polar surface area (TPSA) is 86.7 Å². The first-order valence-electron chi connectivity index (χ1n) is 9.89. The minimum Gasteiger partial charge on any atom is -0.508 e. The van der Waals surface area contributed by atoms with Gasteiger partial charge in [-0.1, -0.05) is 23.5 Å². The van der Waals surface area contributed by atoms with Gasteiger partial charge in [0.25, 0.3) is 5.91 Å². The maximum Gasteiger partial charge on any atom is 0.263 e. The highest BCUT2D eigenvalue weighted by Crippen LogP contribution is 2.25. The molecule has 3 N–H and O–H groups in total. The largest absolute Gasteiger partial charge is 0.508 e. The molecule has 0 unspecified atom stereocenters. The van der Waals surface area contributed by atoms with Crippen molar-refractivity contribution in [2.75, 3.05) is 43.1 Å². The van der Waals surface area contributed by atoms with Gasteiger partial charge >= 0.3 is 0 Å². The molecule has 2 heterocycles. The third-order valence-corrected chi connectivity index (χ3v) is 5.77. The van der Waals surface area contributed by atoms with Gasteiger partial charge in [0, 0.05) is 31.0 Å². The van der Waals surface area contributed by atoms with Gasteiger partial charge < -0.3 is 25.4 Å². The molecule has 0 saturated carbocycles. The molecule has 3 aromatic rings. The fraction of sp³-hybridized carbons (Fsp3) is 0.273. The van der Waals surface area contributed by atoms with Crippen molar-refractivity contribution >= 4 is 33.8 Å². The average Bonchev–Trinajstić information content (AvgIpc) is 3.25. The van der Waals surface area contributed by atoms with Crippen LogP contribution in [0.15, 0.2) is 54.7 Å². The van der Waals surface area contributed by atoms with Gasteiger partial charge in [-0.2, -0.15) is 0 Å². The van der Waals surface area contributed by atoms with Crippen molar-refractivity contribution in [3.05, 3.63) is 65.2 Å². The first-order chi connectivity index (χ1) is 14.7. The summed E-state index contributed by atoms with van der Waals surface area (Å²) in [5.41, 5.74) is 3.16. The average molecular weight is 425 g/mol. The summed E-state index contributed by atoms with van der Waals surface area (Å²) < 4.78 is 5.39. The highest BCUT2D eigenvalue weighted by Gasteiger charge is 2.12. The smallest absolute Gasteiger partial charge is 0.263 e. The number of hydrogen-bond acceptors (Lipinski definition) is 7. The lowest BCUT2D eigenvalue weighted by Crippen LogP contribution is -2.36. The SMILES string of the molecule is O=C(NCCc1ccc(O)cc1)c1cnc(Nc2ccc(N3CCOCC3)cc2)s1. The molecule has 1 aliphatic heterocycles. The molecule has 0 atom stereocenters. The van der Waals surface area contributed by atoms with Crippen LogP contribution in [0, 0.1) is 0 Å². The zero-order valence-electron chi connectivity index (χ0n) is 16.5. The van der Waals surface area contributed by atoms with E-state index in [1.54, 1.807) is 18.3 Å². The Hall–Kier alpha value is -3.10. The summed E-state index contributed by atoms with van der Waals surface area (Å²) in [6.45, 7) is 3.86. The standard InChI is InChI=1S/C22H24N4O3S/c27-19-7-1-16(2-8-19)9-10-23-21(28)20-15-24-22(30-20)25-17-3-5-18(6-4-17)26-11-13-29-14-12-26/h1-8,15,27H,9-14H2,(H,23,28)(H,24,25). The molecule has 1 aliphatic rings. The van der Waals surface area contributed by atoms with Crippen LogP contribution in [0.2, 0.25) is 0 Å². The van der Waals surface area contributed by atoms with Gasteiger partial charge in [-0.3, -0.25) is 4.79 Å². The van der Waals surface area contributed by atoms with Gasteiger partial charge in [0.05, 0.1) is 19.4 Å². The Kier molecular flexibility index (Phi) is 6.46. The Labute approximate surface area is 179 Å². The van der Waals surface area contributed by atoms with E-state index in [1.165, 1.54) is 17.0 Å². The molecule has 0 aliphatic carbocycles. The van der Waals surface area contributed by atoms with Gasteiger partial charge in [-0.15, -0.1) is 0 Å². The Bertz CT molecular complexity index is 967. The van der Waals surface area contributed by atoms with Crippen LogP contribution in [0.25, 0.3) is 0 Å². The number of aromatic nitrogens is 1. The fourth-order valence-corrected chi connectivity index (χ4v) is 3.96. The minimum absolute atomic E-state index is 0.137. The fourth-order valence-electron chi connectivity index (χ4n) is 3.21. The molecular formula is C22H24N4O3S. The molecule has 0 radical (unpaired) electrons. The number of nitrogens with one attached hydrogen (secondary N) is 2. The van der Waals surface area contributed by atoms with Crippen LogP contribution in [-0.2, 0) is 11.2 Å². The van der Waals surface area contributed by atoms with Crippen molar-refractivity contribution in [2.45, 2.75) is 6.42 Å². The van der Waals surface area contributed by atoms with Crippen LogP contribution in [0.3, 0.4) is 0 Å². The Morgan fingerprint density at radius 2 is 1.83 bits per heavy atom. The predicted molar refractivity (Wildman–Crippen MR) is 119 cm³/mol. The Balaban J connectivity index is 1.27. The van der Waals surface area contributed by atoms with Crippen molar-refractivity contribution in [3.8, 4) is 5.75 Å². The number of rotatable bonds is 7. The molecule has 156 valence electrons. The molecule has 1 aromatic heterocycles. The maximum absolute atomic E-state index is 12.4. The second kappa shape index (κ2) is 9.60. The van der Waals surface area contributed by atoms with Crippen molar-refractivity contribution < 1.29 is 14.6 Å². The molecule has 1 fully saturated rings. The van der Waals surface area contributed by atoms with Crippen molar-refractivity contribution in [1.29, 1.82) is 0 Å². The number of phenols is 1. The molecule has 1 amide bonds. The van der Waals surface area contributed by atoms with E-state index >= 15 is 0 Å². The third-order valence-electron chi connectivity index (χ3n) is 4.86. The van der Waals surface area contributed by atoms with E-state index in [2.05, 4.69) is 32.7 Å². The van der Waals surface area contributed by atoms with E-state index in [4.69, 9.17) is 4.74 Å². The van der Waals surface area contributed by atoms with Gasteiger partial charge in [-0.25, -0.2) is 4.98 Å². The number of nitrogens with zero attached hydrogens (tertiary/aromatic N) is 2. The Morgan fingerprint density at radius 3 is 2.57 bits per heavy atom. The summed E-state index contributed by atoms with van der Waals surface area (Å²) in [5.74, 6) is 0.102. The quantitative estimate of drug-likeness (QED) is 0.539. The van der Waals surface area contributed by atoms with Crippen LogP contribution in [0.1, 0.15) is 15.2 Å². The highest BCUT2D eigenvalue weighted by atomic mass is 32.1. The number of morpholine rings is 1. The monoisotopic (exact) mass is 424 g/mol. The minimum atomic E-state index is -0.137. The zero-order chi connectivity index (χ0) is 20.8. The molecule has 2 aromatic carbocycles. The molecule has 4 rings (SSSR count). The van der Waals surface area contributed by atoms with Gasteiger partial charge in [0.15, 0.2) is 5.13 Å². The van der Waals surface area contributed by atoms with E-state index in [0.717, 1.165) is 37.6 Å². The highest BCUT2D eigenvalue weighted by molar-refractivity contribution is 7.17. The van der Waals surface area contributed by atoms with Crippen LogP contribution in [0.4, 0.5) is 16.5 Å². The van der Waals surface area contributed by atoms with Crippen LogP contribution in [0.5, 0.6) is 5.75 Å². The molecular weight excluding hydrogens is 400 g/mol. The molecule has 0 spiro atoms. The first kappa shape index (κ1) is 20.2. The van der Waals surface area contributed by atoms with Gasteiger partial charge in [0.1, 0.15) is 10.6 Å². The van der Waals surface area contributed by atoms with E-state index in [1.807, 2.05) is 24.3 Å². The summed E-state index contributed by atoms with van der Waals surface area (Å²) in [6.07, 6.45) is 2.29. The summed E-state index contributed by atoms with van der Waals surface area (Å²) >= 11 is 1.32. The molecule has 7 nitrogen and oxygen atoms in total. The van der Waals surface area contributed by atoms with Crippen molar-refractivity contribution in [2.24, 2.45) is 0 Å². The van der Waals surface area contributed by atoms with Crippen LogP contribution in [-0.4, -0.2) is 48.8 Å². The first-order valence-corrected chi connectivity index (χ1v) is 10.7. The van der Waals surface area contributed by atoms with Gasteiger partial charge in [0.2, 0.25) is 0 Å². The maximum atomic E-state index is 12.4. The third kappa shape index (κ3) is 5.28. The van der Waals surface area contributed by atoms with E-state index < -0.39 is 0 Å². The number of benzene rings is 2. The molecule has 30 heavy (non-hydrogen) atoms. The molecule has 8 heteroatoms. The molecule has 1 saturated heterocycles. The van der Waals surface area contributed by atoms with Gasteiger partial charge in [-0.05, 0) is 48.4 Å². The number of ether oxygens (including phenoxy) is 1. The van der Waals surface area contributed by atoms with E-state index in [-0.39, 0.29) is 11.7 Å². The summed E-state index contributed by atoms with van der Waals surface area (Å²) in [6, 6.07) is 15.2. The van der Waals surface area contributed by atoms with Crippen molar-refractivity contribution in [3.63, 3.8) is 0 Å². The second-order valence-electron chi connectivity index (χ2n) is 6.97. The number of hydrogen-bond donors (Lipinski definition) is 3. The lowest BCUT2D eigenvalue weighted by atomic mass is 10.1. The summed E-state index contributed by atoms with van der Waals surface area (Å²) in [5, 5.41) is 16.2. The molecule has 0 bridgehead atoms. The lowest BCUT2D eigenvalue weighted by Gasteiger charge is -2.28. The number of phenolic OH excluding ortho intramolecular Hbond substituents is 1. The zero-order valence-corrected chi connectivity index (χ0v) is 17.3. The second-order valence-corrected chi connectivity index (χ2v) is 8.00. The normalized spacial score (nSPS) is 13.8. The summed E-state index contributed by atoms with van der Waals surface area (Å²) in [7, 11) is 0. The summed E-state index contributed by atoms with van der Waals surface area (Å²) in [4.78, 5) is 19.5. The number of anilines is 3. The van der Waals surface area contributed by atoms with E-state index in [9.17, 15) is 9.90 Å². The predicted octanol–water partition coefficient (Wildman–Crippen LogP) is 3.40. The van der Waals surface area contributed by atoms with E-state index in [0.29, 0.717) is 23.0 Å².